The molecule has 1 saturated heterocycles. The van der Waals surface area contributed by atoms with Crippen molar-refractivity contribution in [1.82, 2.24) is 4.90 Å². The van der Waals surface area contributed by atoms with Gasteiger partial charge in [0.1, 0.15) is 5.78 Å². The molecular formula is C12H21NO. The predicted molar refractivity (Wildman–Crippen MR) is 57.2 cm³/mol. The van der Waals surface area contributed by atoms with Gasteiger partial charge in [0, 0.05) is 31.5 Å². The van der Waals surface area contributed by atoms with Crippen LogP contribution in [-0.4, -0.2) is 29.8 Å². The van der Waals surface area contributed by atoms with Gasteiger partial charge in [-0.05, 0) is 19.3 Å². The van der Waals surface area contributed by atoms with E-state index in [9.17, 15) is 4.79 Å². The molecular weight excluding hydrogens is 174 g/mol. The first-order valence-electron chi connectivity index (χ1n) is 6.09. The van der Waals surface area contributed by atoms with Crippen molar-refractivity contribution in [3.63, 3.8) is 0 Å². The maximum Gasteiger partial charge on any atom is 0.137 e. The highest BCUT2D eigenvalue weighted by Gasteiger charge is 2.37. The van der Waals surface area contributed by atoms with Gasteiger partial charge in [0.25, 0.3) is 0 Å². The van der Waals surface area contributed by atoms with E-state index in [4.69, 9.17) is 0 Å². The van der Waals surface area contributed by atoms with Crippen molar-refractivity contribution < 1.29 is 4.79 Å². The minimum absolute atomic E-state index is 0.381. The van der Waals surface area contributed by atoms with Gasteiger partial charge in [-0.3, -0.25) is 9.69 Å². The summed E-state index contributed by atoms with van der Waals surface area (Å²) >= 11 is 0. The Morgan fingerprint density at radius 1 is 1.43 bits per heavy atom. The maximum absolute atomic E-state index is 11.8. The SMILES string of the molecule is CCC[C@@H]([C@H]1CCCCC1=O)N1CC1. The van der Waals surface area contributed by atoms with Crippen LogP contribution in [0.1, 0.15) is 45.4 Å². The fourth-order valence-electron chi connectivity index (χ4n) is 2.74. The van der Waals surface area contributed by atoms with Crippen LogP contribution in [0, 0.1) is 5.92 Å². The van der Waals surface area contributed by atoms with Crippen LogP contribution in [0.4, 0.5) is 0 Å². The third kappa shape index (κ3) is 2.17. The Kier molecular flexibility index (Phi) is 3.22. The van der Waals surface area contributed by atoms with Crippen LogP contribution >= 0.6 is 0 Å². The molecule has 0 bridgehead atoms. The average molecular weight is 195 g/mol. The molecule has 2 nitrogen and oxygen atoms in total. The lowest BCUT2D eigenvalue weighted by molar-refractivity contribution is -0.126. The molecule has 0 radical (unpaired) electrons. The Hall–Kier alpha value is -0.370. The fraction of sp³-hybridized carbons (Fsp3) is 0.917. The van der Waals surface area contributed by atoms with E-state index >= 15 is 0 Å². The third-order valence-corrected chi connectivity index (χ3v) is 3.60. The molecule has 2 fully saturated rings. The van der Waals surface area contributed by atoms with E-state index in [2.05, 4.69) is 11.8 Å². The summed E-state index contributed by atoms with van der Waals surface area (Å²) in [7, 11) is 0. The van der Waals surface area contributed by atoms with E-state index in [1.165, 1.54) is 32.4 Å². The van der Waals surface area contributed by atoms with Crippen molar-refractivity contribution in [2.45, 2.75) is 51.5 Å². The van der Waals surface area contributed by atoms with Crippen LogP contribution in [0.15, 0.2) is 0 Å². The van der Waals surface area contributed by atoms with Gasteiger partial charge < -0.3 is 0 Å². The molecule has 2 rings (SSSR count). The van der Waals surface area contributed by atoms with Crippen LogP contribution in [0.2, 0.25) is 0 Å². The van der Waals surface area contributed by atoms with Crippen LogP contribution in [0.5, 0.6) is 0 Å². The minimum atomic E-state index is 0.381. The summed E-state index contributed by atoms with van der Waals surface area (Å²) in [5.41, 5.74) is 0. The summed E-state index contributed by atoms with van der Waals surface area (Å²) in [4.78, 5) is 14.3. The molecule has 2 heteroatoms. The summed E-state index contributed by atoms with van der Waals surface area (Å²) in [5, 5.41) is 0. The van der Waals surface area contributed by atoms with E-state index in [-0.39, 0.29) is 0 Å². The molecule has 1 saturated carbocycles. The summed E-state index contributed by atoms with van der Waals surface area (Å²) < 4.78 is 0. The van der Waals surface area contributed by atoms with Gasteiger partial charge in [-0.1, -0.05) is 19.8 Å². The monoisotopic (exact) mass is 195 g/mol. The van der Waals surface area contributed by atoms with Crippen LogP contribution in [0.25, 0.3) is 0 Å². The van der Waals surface area contributed by atoms with Crippen molar-refractivity contribution >= 4 is 5.78 Å². The predicted octanol–water partition coefficient (Wildman–Crippen LogP) is 2.23. The molecule has 1 heterocycles. The first kappa shape index (κ1) is 10.2. The lowest BCUT2D eigenvalue weighted by Crippen LogP contribution is -2.36. The third-order valence-electron chi connectivity index (χ3n) is 3.60. The second-order valence-corrected chi connectivity index (χ2v) is 4.71. The summed E-state index contributed by atoms with van der Waals surface area (Å²) in [6.45, 7) is 4.69. The average Bonchev–Trinajstić information content (AvgIpc) is 2.99. The van der Waals surface area contributed by atoms with Gasteiger partial charge in [0.05, 0.1) is 0 Å². The van der Waals surface area contributed by atoms with Gasteiger partial charge in [-0.15, -0.1) is 0 Å². The molecule has 0 amide bonds. The standard InChI is InChI=1S/C12H21NO/c1-2-5-11(13-8-9-13)10-6-3-4-7-12(10)14/h10-11H,2-9H2,1H3/t10-,11+/m1/s1. The molecule has 0 aromatic heterocycles. The van der Waals surface area contributed by atoms with Gasteiger partial charge in [-0.25, -0.2) is 0 Å². The molecule has 0 spiro atoms. The number of ketones is 1. The number of carbonyl (C=O) groups excluding carboxylic acids is 1. The summed E-state index contributed by atoms with van der Waals surface area (Å²) in [6, 6.07) is 0.591. The molecule has 0 aromatic carbocycles. The molecule has 0 unspecified atom stereocenters. The van der Waals surface area contributed by atoms with Crippen LogP contribution in [-0.2, 0) is 4.79 Å². The Morgan fingerprint density at radius 3 is 2.79 bits per heavy atom. The van der Waals surface area contributed by atoms with Crippen molar-refractivity contribution in [3.8, 4) is 0 Å². The number of rotatable bonds is 4. The fourth-order valence-corrected chi connectivity index (χ4v) is 2.74. The zero-order valence-corrected chi connectivity index (χ0v) is 9.17. The molecule has 2 atom stereocenters. The lowest BCUT2D eigenvalue weighted by Gasteiger charge is -2.29. The first-order chi connectivity index (χ1) is 6.83. The van der Waals surface area contributed by atoms with Crippen molar-refractivity contribution in [2.75, 3.05) is 13.1 Å². The van der Waals surface area contributed by atoms with Gasteiger partial charge in [0.2, 0.25) is 0 Å². The molecule has 80 valence electrons. The highest BCUT2D eigenvalue weighted by molar-refractivity contribution is 5.82. The summed E-state index contributed by atoms with van der Waals surface area (Å²) in [6.07, 6.45) is 6.83. The number of hydrogen-bond acceptors (Lipinski definition) is 2. The van der Waals surface area contributed by atoms with Crippen LogP contribution < -0.4 is 0 Å². The molecule has 1 aliphatic heterocycles. The van der Waals surface area contributed by atoms with E-state index in [1.54, 1.807) is 0 Å². The second-order valence-electron chi connectivity index (χ2n) is 4.71. The molecule has 2 aliphatic rings. The normalized spacial score (nSPS) is 30.4. The molecule has 1 aliphatic carbocycles. The van der Waals surface area contributed by atoms with Crippen molar-refractivity contribution in [1.29, 1.82) is 0 Å². The van der Waals surface area contributed by atoms with Gasteiger partial charge in [0.15, 0.2) is 0 Å². The first-order valence-corrected chi connectivity index (χ1v) is 6.09. The lowest BCUT2D eigenvalue weighted by atomic mass is 9.81. The van der Waals surface area contributed by atoms with E-state index in [1.807, 2.05) is 0 Å². The van der Waals surface area contributed by atoms with Gasteiger partial charge in [-0.2, -0.15) is 0 Å². The number of Topliss-reactive ketones (excluding diaryl/α,β-unsaturated/α-hetero) is 1. The van der Waals surface area contributed by atoms with E-state index in [0.29, 0.717) is 17.7 Å². The van der Waals surface area contributed by atoms with Crippen molar-refractivity contribution in [2.24, 2.45) is 5.92 Å². The highest BCUT2D eigenvalue weighted by Crippen LogP contribution is 2.31. The van der Waals surface area contributed by atoms with E-state index in [0.717, 1.165) is 19.3 Å². The number of hydrogen-bond donors (Lipinski definition) is 0. The molecule has 0 aromatic rings. The topological polar surface area (TPSA) is 20.1 Å². The zero-order valence-electron chi connectivity index (χ0n) is 9.17. The van der Waals surface area contributed by atoms with Crippen molar-refractivity contribution in [3.05, 3.63) is 0 Å². The smallest absolute Gasteiger partial charge is 0.137 e. The Bertz CT molecular complexity index is 210. The second kappa shape index (κ2) is 4.43. The largest absolute Gasteiger partial charge is 0.299 e. The maximum atomic E-state index is 11.8. The van der Waals surface area contributed by atoms with Crippen LogP contribution in [0.3, 0.4) is 0 Å². The number of carbonyl (C=O) groups is 1. The highest BCUT2D eigenvalue weighted by atomic mass is 16.1. The minimum Gasteiger partial charge on any atom is -0.299 e. The van der Waals surface area contributed by atoms with E-state index < -0.39 is 0 Å². The molecule has 0 N–H and O–H groups in total. The summed E-state index contributed by atoms with van der Waals surface area (Å²) in [5.74, 6) is 0.924. The molecule has 14 heavy (non-hydrogen) atoms. The quantitative estimate of drug-likeness (QED) is 0.641. The number of nitrogens with zero attached hydrogens (tertiary/aromatic N) is 1. The Labute approximate surface area is 86.7 Å². The van der Waals surface area contributed by atoms with Gasteiger partial charge >= 0.3 is 0 Å². The Morgan fingerprint density at radius 2 is 2.21 bits per heavy atom. The zero-order chi connectivity index (χ0) is 9.97. The Balaban J connectivity index is 1.96.